The number of thiophene rings is 1. The number of fused-ring (bicyclic) bond motifs is 4. The Morgan fingerprint density at radius 2 is 1.22 bits per heavy atom. The summed E-state index contributed by atoms with van der Waals surface area (Å²) in [5.41, 5.74) is 7.29. The number of hydrogen-bond acceptors (Lipinski definition) is 3. The van der Waals surface area contributed by atoms with E-state index in [0.717, 1.165) is 17.9 Å². The second-order valence-electron chi connectivity index (χ2n) is 9.10. The number of para-hydroxylation sites is 1. The summed E-state index contributed by atoms with van der Waals surface area (Å²) in [7, 11) is 0. The van der Waals surface area contributed by atoms with Crippen molar-refractivity contribution in [2.45, 2.75) is 6.54 Å². The fourth-order valence-electron chi connectivity index (χ4n) is 5.14. The maximum Gasteiger partial charge on any atom is 0.0795 e. The van der Waals surface area contributed by atoms with Gasteiger partial charge in [0.2, 0.25) is 0 Å². The van der Waals surface area contributed by atoms with Crippen LogP contribution in [0.2, 0.25) is 0 Å². The lowest BCUT2D eigenvalue weighted by atomic mass is 10.0. The molecule has 36 heavy (non-hydrogen) atoms. The molecule has 0 bridgehead atoms. The molecule has 5 aromatic carbocycles. The van der Waals surface area contributed by atoms with Crippen LogP contribution in [-0.2, 0) is 6.54 Å². The third kappa shape index (κ3) is 3.57. The van der Waals surface area contributed by atoms with E-state index in [1.165, 1.54) is 48.1 Å². The zero-order valence-corrected chi connectivity index (χ0v) is 20.5. The van der Waals surface area contributed by atoms with E-state index in [2.05, 4.69) is 138 Å². The van der Waals surface area contributed by atoms with Crippen LogP contribution in [0, 0.1) is 0 Å². The van der Waals surface area contributed by atoms with E-state index in [-0.39, 0.29) is 0 Å². The van der Waals surface area contributed by atoms with Crippen molar-refractivity contribution in [2.75, 3.05) is 4.90 Å². The molecule has 1 N–H and O–H groups in total. The van der Waals surface area contributed by atoms with Crippen LogP contribution in [0.5, 0.6) is 0 Å². The number of nitrogens with one attached hydrogen (secondary N) is 1. The predicted octanol–water partition coefficient (Wildman–Crippen LogP) is 8.96. The molecule has 0 atom stereocenters. The molecule has 0 spiro atoms. The Morgan fingerprint density at radius 3 is 1.97 bits per heavy atom. The summed E-state index contributed by atoms with van der Waals surface area (Å²) in [6.07, 6.45) is 2.18. The van der Waals surface area contributed by atoms with Gasteiger partial charge >= 0.3 is 0 Å². The maximum absolute atomic E-state index is 3.58. The van der Waals surface area contributed by atoms with Crippen molar-refractivity contribution < 1.29 is 0 Å². The highest BCUT2D eigenvalue weighted by molar-refractivity contribution is 7.20. The molecule has 0 aliphatic carbocycles. The number of benzene rings is 5. The first-order valence-electron chi connectivity index (χ1n) is 12.2. The lowest BCUT2D eigenvalue weighted by Gasteiger charge is -2.30. The molecule has 3 heteroatoms. The van der Waals surface area contributed by atoms with Crippen LogP contribution in [0.3, 0.4) is 0 Å². The molecular formula is C33H24N2S. The Bertz CT molecular complexity index is 1720. The molecule has 0 fully saturated rings. The second-order valence-corrected chi connectivity index (χ2v) is 10.2. The van der Waals surface area contributed by atoms with Crippen LogP contribution >= 0.6 is 11.3 Å². The van der Waals surface area contributed by atoms with Crippen molar-refractivity contribution in [1.29, 1.82) is 0 Å². The van der Waals surface area contributed by atoms with Gasteiger partial charge in [0.25, 0.3) is 0 Å². The lowest BCUT2D eigenvalue weighted by Crippen LogP contribution is -2.22. The van der Waals surface area contributed by atoms with E-state index in [1.807, 2.05) is 11.3 Å². The van der Waals surface area contributed by atoms with Gasteiger partial charge in [-0.05, 0) is 69.2 Å². The summed E-state index contributed by atoms with van der Waals surface area (Å²) in [5, 5.41) is 7.50. The minimum atomic E-state index is 0.840. The van der Waals surface area contributed by atoms with E-state index < -0.39 is 0 Å². The summed E-state index contributed by atoms with van der Waals surface area (Å²) in [5.74, 6) is 0. The van der Waals surface area contributed by atoms with E-state index in [0.29, 0.717) is 0 Å². The van der Waals surface area contributed by atoms with Gasteiger partial charge in [-0.2, -0.15) is 0 Å². The fourth-order valence-corrected chi connectivity index (χ4v) is 6.39. The van der Waals surface area contributed by atoms with Crippen LogP contribution in [0.1, 0.15) is 10.4 Å². The highest BCUT2D eigenvalue weighted by Crippen LogP contribution is 2.44. The Hall–Kier alpha value is -4.34. The third-order valence-corrected chi connectivity index (χ3v) is 8.11. The maximum atomic E-state index is 3.58. The molecular weight excluding hydrogens is 456 g/mol. The molecule has 1 aliphatic heterocycles. The van der Waals surface area contributed by atoms with Gasteiger partial charge in [0.05, 0.1) is 10.6 Å². The summed E-state index contributed by atoms with van der Waals surface area (Å²) in [6, 6.07) is 43.4. The minimum Gasteiger partial charge on any atom is -0.385 e. The van der Waals surface area contributed by atoms with Crippen molar-refractivity contribution in [1.82, 2.24) is 5.32 Å². The van der Waals surface area contributed by atoms with Gasteiger partial charge < -0.3 is 10.2 Å². The van der Waals surface area contributed by atoms with Crippen molar-refractivity contribution in [3.8, 4) is 11.1 Å². The second kappa shape index (κ2) is 8.71. The molecule has 1 aromatic heterocycles. The topological polar surface area (TPSA) is 15.3 Å². The molecule has 6 aromatic rings. The largest absolute Gasteiger partial charge is 0.385 e. The first-order chi connectivity index (χ1) is 17.8. The van der Waals surface area contributed by atoms with Gasteiger partial charge in [0.1, 0.15) is 0 Å². The van der Waals surface area contributed by atoms with Crippen LogP contribution in [-0.4, -0.2) is 0 Å². The zero-order chi connectivity index (χ0) is 23.9. The number of nitrogens with zero attached hydrogens (tertiary/aromatic N) is 1. The predicted molar refractivity (Wildman–Crippen MR) is 155 cm³/mol. The first-order valence-corrected chi connectivity index (χ1v) is 13.1. The van der Waals surface area contributed by atoms with Crippen LogP contribution in [0.4, 0.5) is 11.4 Å². The van der Waals surface area contributed by atoms with Crippen molar-refractivity contribution >= 4 is 49.3 Å². The number of anilines is 2. The van der Waals surface area contributed by atoms with Gasteiger partial charge in [-0.1, -0.05) is 84.9 Å². The van der Waals surface area contributed by atoms with Gasteiger partial charge in [-0.3, -0.25) is 0 Å². The quantitative estimate of drug-likeness (QED) is 0.271. The zero-order valence-electron chi connectivity index (χ0n) is 19.7. The number of rotatable bonds is 4. The summed E-state index contributed by atoms with van der Waals surface area (Å²) in [6.45, 7) is 0.840. The minimum absolute atomic E-state index is 0.840. The third-order valence-electron chi connectivity index (χ3n) is 6.90. The highest BCUT2D eigenvalue weighted by atomic mass is 32.1. The van der Waals surface area contributed by atoms with Gasteiger partial charge in [-0.25, -0.2) is 0 Å². The average Bonchev–Trinajstić information content (AvgIpc) is 3.31. The van der Waals surface area contributed by atoms with Crippen molar-refractivity contribution in [3.63, 3.8) is 0 Å². The van der Waals surface area contributed by atoms with Crippen molar-refractivity contribution in [3.05, 3.63) is 138 Å². The average molecular weight is 481 g/mol. The Balaban J connectivity index is 1.37. The molecule has 7 rings (SSSR count). The van der Waals surface area contributed by atoms with Crippen LogP contribution in [0.15, 0.2) is 128 Å². The molecule has 0 radical (unpaired) electrons. The Kier molecular flexibility index (Phi) is 5.07. The SMILES string of the molecule is C1=C(N(c2ccccc2)c2ccc(-c3ccccc3)cc2)c2sc3cc4ccccc4cc3c2CN1. The Morgan fingerprint density at radius 1 is 0.611 bits per heavy atom. The normalized spacial score (nSPS) is 12.7. The van der Waals surface area contributed by atoms with Gasteiger partial charge in [0.15, 0.2) is 0 Å². The molecule has 0 amide bonds. The van der Waals surface area contributed by atoms with E-state index in [4.69, 9.17) is 0 Å². The number of hydrogen-bond donors (Lipinski definition) is 1. The summed E-state index contributed by atoms with van der Waals surface area (Å²) < 4.78 is 1.33. The molecule has 0 unspecified atom stereocenters. The molecule has 0 saturated carbocycles. The van der Waals surface area contributed by atoms with Crippen LogP contribution < -0.4 is 10.2 Å². The smallest absolute Gasteiger partial charge is 0.0795 e. The molecule has 0 saturated heterocycles. The molecule has 2 nitrogen and oxygen atoms in total. The molecule has 2 heterocycles. The standard InChI is InChI=1S/C33H24N2S/c1-3-9-23(10-4-1)24-15-17-28(18-16-24)35(27-13-5-2-6-14-27)31-22-34-21-30-29-19-25-11-7-8-12-26(25)20-32(29)36-33(30)31/h1-20,22,34H,21H2. The van der Waals surface area contributed by atoms with E-state index in [1.54, 1.807) is 0 Å². The lowest BCUT2D eigenvalue weighted by molar-refractivity contribution is 0.861. The van der Waals surface area contributed by atoms with E-state index in [9.17, 15) is 0 Å². The van der Waals surface area contributed by atoms with E-state index >= 15 is 0 Å². The fraction of sp³-hybridized carbons (Fsp3) is 0.0303. The molecule has 1 aliphatic rings. The Labute approximate surface area is 214 Å². The van der Waals surface area contributed by atoms with Crippen molar-refractivity contribution in [2.24, 2.45) is 0 Å². The summed E-state index contributed by atoms with van der Waals surface area (Å²) in [4.78, 5) is 3.70. The highest BCUT2D eigenvalue weighted by Gasteiger charge is 2.25. The summed E-state index contributed by atoms with van der Waals surface area (Å²) >= 11 is 1.89. The van der Waals surface area contributed by atoms with Gasteiger partial charge in [0, 0.05) is 28.8 Å². The molecule has 172 valence electrons. The van der Waals surface area contributed by atoms with Gasteiger partial charge in [-0.15, -0.1) is 11.3 Å². The monoisotopic (exact) mass is 480 g/mol. The first kappa shape index (κ1) is 21.0. The van der Waals surface area contributed by atoms with Crippen LogP contribution in [0.25, 0.3) is 37.7 Å².